The third kappa shape index (κ3) is 6.83. The molecule has 4 aromatic carbocycles. The zero-order chi connectivity index (χ0) is 32.5. The average Bonchev–Trinajstić information content (AvgIpc) is 3.60. The van der Waals surface area contributed by atoms with Gasteiger partial charge in [0.1, 0.15) is 11.6 Å². The normalized spacial score (nSPS) is 16.1. The molecule has 2 N–H and O–H groups in total. The zero-order valence-electron chi connectivity index (χ0n) is 25.3. The van der Waals surface area contributed by atoms with Crippen molar-refractivity contribution >= 4 is 39.1 Å². The number of rotatable bonds is 8. The zero-order valence-corrected chi connectivity index (χ0v) is 27.6. The van der Waals surface area contributed by atoms with Crippen LogP contribution in [0.3, 0.4) is 0 Å². The van der Waals surface area contributed by atoms with Crippen molar-refractivity contribution in [3.63, 3.8) is 0 Å². The second-order valence-corrected chi connectivity index (χ2v) is 14.1. The predicted molar refractivity (Wildman–Crippen MR) is 186 cm³/mol. The van der Waals surface area contributed by atoms with E-state index < -0.39 is 16.1 Å². The molecule has 0 amide bonds. The van der Waals surface area contributed by atoms with Gasteiger partial charge in [-0.25, -0.2) is 14.0 Å². The molecule has 1 fully saturated rings. The molecule has 0 spiro atoms. The van der Waals surface area contributed by atoms with Crippen LogP contribution in [0.4, 0.5) is 5.69 Å². The van der Waals surface area contributed by atoms with Gasteiger partial charge >= 0.3 is 10.2 Å². The molecule has 1 saturated carbocycles. The molecule has 0 atom stereocenters. The van der Waals surface area contributed by atoms with Crippen LogP contribution in [0.2, 0.25) is 10.0 Å². The Balaban J connectivity index is 1.20. The topological polar surface area (TPSA) is 96.7 Å². The molecule has 0 bridgehead atoms. The summed E-state index contributed by atoms with van der Waals surface area (Å²) in [6, 6.07) is 28.9. The summed E-state index contributed by atoms with van der Waals surface area (Å²) in [7, 11) is -3.95. The highest BCUT2D eigenvalue weighted by molar-refractivity contribution is 7.91. The van der Waals surface area contributed by atoms with Crippen molar-refractivity contribution < 1.29 is 18.3 Å². The van der Waals surface area contributed by atoms with Gasteiger partial charge in [0.15, 0.2) is 0 Å². The van der Waals surface area contributed by atoms with Gasteiger partial charge < -0.3 is 14.4 Å². The number of nitrogens with zero attached hydrogens (tertiary/aromatic N) is 3. The molecule has 47 heavy (non-hydrogen) atoms. The molecule has 2 heterocycles. The minimum atomic E-state index is -3.95. The first-order chi connectivity index (χ1) is 22.7. The van der Waals surface area contributed by atoms with Crippen LogP contribution in [0, 0.1) is 0 Å². The number of aliphatic hydroxyl groups excluding tert-OH is 1. The standard InChI is InChI=1S/C36H32Cl2N4O4S/c37-27-16-17-32(33(38)20-27)34-22-41(28-7-5-8-29(21-28)42-23-36(43)40-47(42,44)45)35(39-34)18-24-12-14-25(15-13-24)26-6-4-11-31(19-26)46-30-9-2-1-3-10-30/h4-8,11-17,19-23,30,40,43H,1-3,9-10,18H2. The first-order valence-electron chi connectivity index (χ1n) is 15.4. The first-order valence-corrected chi connectivity index (χ1v) is 17.6. The smallest absolute Gasteiger partial charge is 0.330 e. The molecule has 11 heteroatoms. The van der Waals surface area contributed by atoms with Crippen LogP contribution >= 0.6 is 23.2 Å². The number of aliphatic hydroxyl groups is 1. The van der Waals surface area contributed by atoms with Gasteiger partial charge in [0.2, 0.25) is 5.88 Å². The van der Waals surface area contributed by atoms with Gasteiger partial charge in [0, 0.05) is 28.9 Å². The van der Waals surface area contributed by atoms with E-state index in [1.54, 1.807) is 30.3 Å². The number of halogens is 2. The van der Waals surface area contributed by atoms with E-state index >= 15 is 0 Å². The van der Waals surface area contributed by atoms with Crippen LogP contribution in [0.25, 0.3) is 28.1 Å². The van der Waals surface area contributed by atoms with Gasteiger partial charge in [-0.05, 0) is 90.9 Å². The molecule has 5 aromatic rings. The van der Waals surface area contributed by atoms with E-state index in [4.69, 9.17) is 32.9 Å². The van der Waals surface area contributed by atoms with Crippen LogP contribution in [-0.2, 0) is 16.6 Å². The minimum Gasteiger partial charge on any atom is -0.493 e. The maximum atomic E-state index is 12.6. The molecular formula is C36H32Cl2N4O4S. The van der Waals surface area contributed by atoms with Crippen molar-refractivity contribution in [2.24, 2.45) is 0 Å². The molecule has 0 unspecified atom stereocenters. The Hall–Kier alpha value is -4.44. The Morgan fingerprint density at radius 1 is 0.872 bits per heavy atom. The average molecular weight is 688 g/mol. The quantitative estimate of drug-likeness (QED) is 0.170. The van der Waals surface area contributed by atoms with E-state index in [2.05, 4.69) is 41.1 Å². The van der Waals surface area contributed by atoms with Gasteiger partial charge in [-0.1, -0.05) is 72.1 Å². The number of nitrogens with one attached hydrogen (secondary N) is 1. The number of imidazole rings is 1. The summed E-state index contributed by atoms with van der Waals surface area (Å²) in [4.78, 5) is 4.98. The molecule has 2 aliphatic rings. The highest BCUT2D eigenvalue weighted by Crippen LogP contribution is 2.33. The van der Waals surface area contributed by atoms with Crippen LogP contribution in [-0.4, -0.2) is 29.2 Å². The Labute approximate surface area is 284 Å². The van der Waals surface area contributed by atoms with Crippen LogP contribution < -0.4 is 13.8 Å². The first kappa shape index (κ1) is 31.2. The van der Waals surface area contributed by atoms with Gasteiger partial charge in [-0.2, -0.15) is 8.42 Å². The number of anilines is 1. The lowest BCUT2D eigenvalue weighted by atomic mass is 9.97. The fourth-order valence-corrected chi connectivity index (χ4v) is 7.65. The summed E-state index contributed by atoms with van der Waals surface area (Å²) >= 11 is 12.7. The van der Waals surface area contributed by atoms with Crippen LogP contribution in [0.1, 0.15) is 43.5 Å². The van der Waals surface area contributed by atoms with E-state index in [0.29, 0.717) is 39.6 Å². The molecular weight excluding hydrogens is 655 g/mol. The van der Waals surface area contributed by atoms with E-state index in [9.17, 15) is 13.5 Å². The van der Waals surface area contributed by atoms with Crippen LogP contribution in [0.15, 0.2) is 109 Å². The second kappa shape index (κ2) is 13.0. The molecule has 8 nitrogen and oxygen atoms in total. The number of hydrogen-bond donors (Lipinski definition) is 2. The Morgan fingerprint density at radius 2 is 1.64 bits per heavy atom. The largest absolute Gasteiger partial charge is 0.493 e. The van der Waals surface area contributed by atoms with Gasteiger partial charge in [0.25, 0.3) is 0 Å². The Kier molecular flexibility index (Phi) is 8.61. The van der Waals surface area contributed by atoms with Crippen molar-refractivity contribution in [2.45, 2.75) is 44.6 Å². The lowest BCUT2D eigenvalue weighted by Crippen LogP contribution is -2.29. The van der Waals surface area contributed by atoms with Gasteiger partial charge in [-0.3, -0.25) is 0 Å². The lowest BCUT2D eigenvalue weighted by molar-refractivity contribution is 0.155. The Bertz CT molecular complexity index is 2070. The van der Waals surface area contributed by atoms with Crippen molar-refractivity contribution in [3.8, 4) is 33.8 Å². The van der Waals surface area contributed by atoms with Gasteiger partial charge in [-0.15, -0.1) is 0 Å². The monoisotopic (exact) mass is 686 g/mol. The molecule has 0 saturated heterocycles. The fraction of sp³-hybridized carbons (Fsp3) is 0.194. The lowest BCUT2D eigenvalue weighted by Gasteiger charge is -2.23. The van der Waals surface area contributed by atoms with Crippen LogP contribution in [0.5, 0.6) is 5.75 Å². The molecule has 0 radical (unpaired) electrons. The Morgan fingerprint density at radius 3 is 2.38 bits per heavy atom. The number of ether oxygens (including phenoxy) is 1. The fourth-order valence-electron chi connectivity index (χ4n) is 6.10. The third-order valence-electron chi connectivity index (χ3n) is 8.42. The van der Waals surface area contributed by atoms with Gasteiger partial charge in [0.05, 0.1) is 28.7 Å². The summed E-state index contributed by atoms with van der Waals surface area (Å²) in [6.07, 6.45) is 9.75. The SMILES string of the molecule is O=S1(=O)NC(O)=CN1c1cccc(-n2cc(-c3ccc(Cl)cc3Cl)nc2Cc2ccc(-c3cccc(OC4CCCCC4)c3)cc2)c1. The number of benzene rings is 4. The van der Waals surface area contributed by atoms with E-state index in [1.165, 1.54) is 19.3 Å². The van der Waals surface area contributed by atoms with Crippen molar-refractivity contribution in [1.29, 1.82) is 0 Å². The third-order valence-corrected chi connectivity index (χ3v) is 10.3. The van der Waals surface area contributed by atoms with Crippen molar-refractivity contribution in [2.75, 3.05) is 4.31 Å². The van der Waals surface area contributed by atoms with Crippen molar-refractivity contribution in [1.82, 2.24) is 14.3 Å². The van der Waals surface area contributed by atoms with E-state index in [1.807, 2.05) is 35.0 Å². The molecule has 1 aliphatic heterocycles. The summed E-state index contributed by atoms with van der Waals surface area (Å²) in [5.74, 6) is 1.17. The summed E-state index contributed by atoms with van der Waals surface area (Å²) in [5, 5.41) is 10.8. The molecule has 240 valence electrons. The summed E-state index contributed by atoms with van der Waals surface area (Å²) in [5.41, 5.74) is 5.62. The molecule has 7 rings (SSSR count). The second-order valence-electron chi connectivity index (χ2n) is 11.8. The predicted octanol–water partition coefficient (Wildman–Crippen LogP) is 8.83. The summed E-state index contributed by atoms with van der Waals surface area (Å²) < 4.78 is 36.4. The maximum absolute atomic E-state index is 12.6. The molecule has 1 aliphatic carbocycles. The maximum Gasteiger partial charge on any atom is 0.330 e. The highest BCUT2D eigenvalue weighted by atomic mass is 35.5. The van der Waals surface area contributed by atoms with Crippen molar-refractivity contribution in [3.05, 3.63) is 131 Å². The number of aromatic nitrogens is 2. The minimum absolute atomic E-state index is 0.290. The van der Waals surface area contributed by atoms with E-state index in [0.717, 1.165) is 57.2 Å². The summed E-state index contributed by atoms with van der Waals surface area (Å²) in [6.45, 7) is 0. The number of hydrogen-bond acceptors (Lipinski definition) is 5. The molecule has 1 aromatic heterocycles. The highest BCUT2D eigenvalue weighted by Gasteiger charge is 2.29. The van der Waals surface area contributed by atoms with E-state index in [-0.39, 0.29) is 0 Å².